The first kappa shape index (κ1) is 18.2. The summed E-state index contributed by atoms with van der Waals surface area (Å²) in [5.41, 5.74) is 5.70. The molecular weight excluding hydrogens is 352 g/mol. The number of aromatic nitrogens is 1. The summed E-state index contributed by atoms with van der Waals surface area (Å²) in [5.74, 6) is 2.18. The molecule has 1 aliphatic rings. The van der Waals surface area contributed by atoms with Crippen molar-refractivity contribution >= 4 is 0 Å². The van der Waals surface area contributed by atoms with Crippen molar-refractivity contribution in [1.82, 2.24) is 4.57 Å². The average molecular weight is 376 g/mol. The van der Waals surface area contributed by atoms with E-state index in [1.165, 1.54) is 5.69 Å². The Bertz CT molecular complexity index is 1070. The first-order chi connectivity index (χ1) is 13.7. The van der Waals surface area contributed by atoms with Crippen LogP contribution in [0.1, 0.15) is 12.1 Å². The topological polar surface area (TPSA) is 56.5 Å². The lowest BCUT2D eigenvalue weighted by atomic mass is 9.94. The maximum absolute atomic E-state index is 8.91. The maximum atomic E-state index is 8.91. The van der Waals surface area contributed by atoms with Gasteiger partial charge in [0.1, 0.15) is 11.2 Å². The fraction of sp³-hybridized carbons (Fsp3) is 0.261. The molecule has 0 spiro atoms. The van der Waals surface area contributed by atoms with Crippen LogP contribution in [0.5, 0.6) is 17.2 Å². The first-order valence-electron chi connectivity index (χ1n) is 9.34. The molecule has 0 saturated carbocycles. The monoisotopic (exact) mass is 376 g/mol. The Morgan fingerprint density at radius 3 is 2.21 bits per heavy atom. The number of pyridine rings is 1. The van der Waals surface area contributed by atoms with Crippen LogP contribution in [0.3, 0.4) is 0 Å². The van der Waals surface area contributed by atoms with Gasteiger partial charge in [0.2, 0.25) is 0 Å². The van der Waals surface area contributed by atoms with Crippen molar-refractivity contribution < 1.29 is 14.2 Å². The van der Waals surface area contributed by atoms with Gasteiger partial charge in [0.05, 0.1) is 21.3 Å². The quantitative estimate of drug-likeness (QED) is 0.723. The van der Waals surface area contributed by atoms with Gasteiger partial charge in [-0.25, -0.2) is 0 Å². The standard InChI is InChI=1S/C23H24N2O3/c1-26-18-9-6-15(7-10-18)22-19(14-17-5-4-12-25(17)23(22)24)16-8-11-20(27-2)21(13-16)28-3/h6-11,13-14,24H,4-5,12H2,1-3H3. The van der Waals surface area contributed by atoms with Gasteiger partial charge >= 0.3 is 0 Å². The van der Waals surface area contributed by atoms with Gasteiger partial charge in [-0.1, -0.05) is 18.2 Å². The SMILES string of the molecule is COc1ccc(-c2c(-c3ccc(OC)c(OC)c3)cc3n(c2=N)CCC3)cc1. The molecule has 3 aromatic rings. The van der Waals surface area contributed by atoms with Crippen LogP contribution in [0.2, 0.25) is 0 Å². The zero-order chi connectivity index (χ0) is 19.7. The van der Waals surface area contributed by atoms with Gasteiger partial charge in [-0.2, -0.15) is 0 Å². The van der Waals surface area contributed by atoms with Crippen LogP contribution < -0.4 is 19.7 Å². The van der Waals surface area contributed by atoms with E-state index in [0.717, 1.165) is 47.4 Å². The molecule has 0 atom stereocenters. The van der Waals surface area contributed by atoms with E-state index in [-0.39, 0.29) is 0 Å². The predicted molar refractivity (Wildman–Crippen MR) is 109 cm³/mol. The normalized spacial score (nSPS) is 12.5. The molecule has 0 fully saturated rings. The predicted octanol–water partition coefficient (Wildman–Crippen LogP) is 4.27. The fourth-order valence-electron chi connectivity index (χ4n) is 3.88. The molecule has 2 aromatic carbocycles. The molecular formula is C23H24N2O3. The second kappa shape index (κ2) is 7.43. The molecule has 2 heterocycles. The Labute approximate surface area is 164 Å². The van der Waals surface area contributed by atoms with E-state index in [1.54, 1.807) is 21.3 Å². The zero-order valence-corrected chi connectivity index (χ0v) is 16.4. The average Bonchev–Trinajstić information content (AvgIpc) is 3.22. The Morgan fingerprint density at radius 2 is 1.54 bits per heavy atom. The summed E-state index contributed by atoms with van der Waals surface area (Å²) in [7, 11) is 4.93. The minimum absolute atomic E-state index is 0.546. The molecule has 4 rings (SSSR count). The number of rotatable bonds is 5. The van der Waals surface area contributed by atoms with Crippen molar-refractivity contribution in [3.63, 3.8) is 0 Å². The molecule has 0 unspecified atom stereocenters. The molecule has 1 aromatic heterocycles. The Morgan fingerprint density at radius 1 is 0.821 bits per heavy atom. The summed E-state index contributed by atoms with van der Waals surface area (Å²) in [6.07, 6.45) is 2.07. The number of nitrogens with zero attached hydrogens (tertiary/aromatic N) is 1. The third-order valence-corrected chi connectivity index (χ3v) is 5.32. The number of ether oxygens (including phenoxy) is 3. The number of benzene rings is 2. The largest absolute Gasteiger partial charge is 0.497 e. The van der Waals surface area contributed by atoms with Gasteiger partial charge in [-0.3, -0.25) is 5.41 Å². The van der Waals surface area contributed by atoms with Crippen LogP contribution in [-0.4, -0.2) is 25.9 Å². The maximum Gasteiger partial charge on any atom is 0.161 e. The number of nitrogens with one attached hydrogen (secondary N) is 1. The zero-order valence-electron chi connectivity index (χ0n) is 16.4. The van der Waals surface area contributed by atoms with Gasteiger partial charge in [-0.15, -0.1) is 0 Å². The van der Waals surface area contributed by atoms with Crippen LogP contribution >= 0.6 is 0 Å². The van der Waals surface area contributed by atoms with Crippen molar-refractivity contribution in [3.05, 3.63) is 59.7 Å². The molecule has 0 bridgehead atoms. The highest BCUT2D eigenvalue weighted by Gasteiger charge is 2.19. The van der Waals surface area contributed by atoms with E-state index in [2.05, 4.69) is 10.6 Å². The minimum atomic E-state index is 0.546. The van der Waals surface area contributed by atoms with Crippen molar-refractivity contribution in [1.29, 1.82) is 5.41 Å². The van der Waals surface area contributed by atoms with Gasteiger partial charge < -0.3 is 18.8 Å². The summed E-state index contributed by atoms with van der Waals surface area (Å²) in [4.78, 5) is 0. The van der Waals surface area contributed by atoms with Crippen molar-refractivity contribution in [2.75, 3.05) is 21.3 Å². The van der Waals surface area contributed by atoms with Crippen molar-refractivity contribution in [2.45, 2.75) is 19.4 Å². The van der Waals surface area contributed by atoms with Gasteiger partial charge in [-0.05, 0) is 59.9 Å². The molecule has 0 radical (unpaired) electrons. The second-order valence-corrected chi connectivity index (χ2v) is 6.83. The highest BCUT2D eigenvalue weighted by atomic mass is 16.5. The summed E-state index contributed by atoms with van der Waals surface area (Å²) in [6.45, 7) is 0.892. The van der Waals surface area contributed by atoms with E-state index >= 15 is 0 Å². The number of hydrogen-bond acceptors (Lipinski definition) is 4. The summed E-state index contributed by atoms with van der Waals surface area (Å²) in [5, 5.41) is 8.91. The van der Waals surface area contributed by atoms with Crippen molar-refractivity contribution in [2.24, 2.45) is 0 Å². The molecule has 144 valence electrons. The van der Waals surface area contributed by atoms with Gasteiger partial charge in [0.15, 0.2) is 11.5 Å². The summed E-state index contributed by atoms with van der Waals surface area (Å²) in [6, 6.07) is 16.0. The molecule has 28 heavy (non-hydrogen) atoms. The highest BCUT2D eigenvalue weighted by molar-refractivity contribution is 5.84. The summed E-state index contributed by atoms with van der Waals surface area (Å²) < 4.78 is 18.3. The third-order valence-electron chi connectivity index (χ3n) is 5.32. The Balaban J connectivity index is 1.96. The fourth-order valence-corrected chi connectivity index (χ4v) is 3.88. The second-order valence-electron chi connectivity index (χ2n) is 6.83. The van der Waals surface area contributed by atoms with E-state index in [9.17, 15) is 0 Å². The van der Waals surface area contributed by atoms with Crippen LogP contribution in [0.25, 0.3) is 22.3 Å². The first-order valence-corrected chi connectivity index (χ1v) is 9.34. The number of aryl methyl sites for hydroxylation is 1. The lowest BCUT2D eigenvalue weighted by Gasteiger charge is -2.17. The molecule has 1 N–H and O–H groups in total. The molecule has 5 heteroatoms. The summed E-state index contributed by atoms with van der Waals surface area (Å²) >= 11 is 0. The Hall–Kier alpha value is -3.21. The van der Waals surface area contributed by atoms with E-state index in [0.29, 0.717) is 17.0 Å². The number of methoxy groups -OCH3 is 3. The van der Waals surface area contributed by atoms with Crippen LogP contribution in [0.15, 0.2) is 48.5 Å². The van der Waals surface area contributed by atoms with E-state index < -0.39 is 0 Å². The smallest absolute Gasteiger partial charge is 0.161 e. The molecule has 0 amide bonds. The minimum Gasteiger partial charge on any atom is -0.497 e. The van der Waals surface area contributed by atoms with E-state index in [1.807, 2.05) is 42.5 Å². The molecule has 0 aliphatic carbocycles. The molecule has 1 aliphatic heterocycles. The number of fused-ring (bicyclic) bond motifs is 1. The highest BCUT2D eigenvalue weighted by Crippen LogP contribution is 2.37. The van der Waals surface area contributed by atoms with Crippen LogP contribution in [-0.2, 0) is 13.0 Å². The van der Waals surface area contributed by atoms with Gasteiger partial charge in [0, 0.05) is 17.8 Å². The van der Waals surface area contributed by atoms with Crippen LogP contribution in [0.4, 0.5) is 0 Å². The van der Waals surface area contributed by atoms with Crippen molar-refractivity contribution in [3.8, 4) is 39.5 Å². The molecule has 5 nitrogen and oxygen atoms in total. The molecule has 0 saturated heterocycles. The lowest BCUT2D eigenvalue weighted by molar-refractivity contribution is 0.355. The number of hydrogen-bond donors (Lipinski definition) is 1. The van der Waals surface area contributed by atoms with Gasteiger partial charge in [0.25, 0.3) is 0 Å². The third kappa shape index (κ3) is 3.03. The Kier molecular flexibility index (Phi) is 4.82. The van der Waals surface area contributed by atoms with Crippen LogP contribution in [0, 0.1) is 5.41 Å². The van der Waals surface area contributed by atoms with E-state index in [4.69, 9.17) is 19.6 Å². The lowest BCUT2D eigenvalue weighted by Crippen LogP contribution is -2.22.